The van der Waals surface area contributed by atoms with Crippen molar-refractivity contribution >= 4 is 34.4 Å². The van der Waals surface area contributed by atoms with Crippen molar-refractivity contribution in [2.24, 2.45) is 16.8 Å². The smallest absolute Gasteiger partial charge is 0.335 e. The van der Waals surface area contributed by atoms with Gasteiger partial charge in [-0.3, -0.25) is 9.80 Å². The number of hydrogen-bond donors (Lipinski definition) is 3. The number of carboxylic acid groups (broad SMARTS) is 1. The average Bonchev–Trinajstić information content (AvgIpc) is 2.71. The van der Waals surface area contributed by atoms with Gasteiger partial charge in [-0.2, -0.15) is 10.4 Å². The first-order chi connectivity index (χ1) is 13.2. The number of nitriles is 1. The molecule has 8 nitrogen and oxygen atoms in total. The molecular weight excluding hydrogens is 378 g/mol. The van der Waals surface area contributed by atoms with Gasteiger partial charge < -0.3 is 10.9 Å². The van der Waals surface area contributed by atoms with Crippen molar-refractivity contribution in [2.45, 2.75) is 18.6 Å². The predicted octanol–water partition coefficient (Wildman–Crippen LogP) is 2.56. The summed E-state index contributed by atoms with van der Waals surface area (Å²) in [5.41, 5.74) is 1.49. The molecule has 5 N–H and O–H groups in total. The van der Waals surface area contributed by atoms with Crippen molar-refractivity contribution in [2.75, 3.05) is 5.01 Å². The fourth-order valence-corrected chi connectivity index (χ4v) is 3.25. The van der Waals surface area contributed by atoms with Crippen LogP contribution < -0.4 is 16.7 Å². The highest BCUT2D eigenvalue weighted by molar-refractivity contribution is 8.15. The zero-order valence-corrected chi connectivity index (χ0v) is 16.1. The van der Waals surface area contributed by atoms with Gasteiger partial charge in [0, 0.05) is 5.56 Å². The summed E-state index contributed by atoms with van der Waals surface area (Å²) >= 11 is 1.07. The molecule has 0 radical (unpaired) electrons. The normalized spacial score (nSPS) is 11.6. The Balaban J connectivity index is 2.20. The highest BCUT2D eigenvalue weighted by atomic mass is 32.2. The molecule has 0 aliphatic carbocycles. The van der Waals surface area contributed by atoms with E-state index in [0.29, 0.717) is 16.8 Å². The van der Waals surface area contributed by atoms with Crippen LogP contribution in [0.4, 0.5) is 5.69 Å². The minimum Gasteiger partial charge on any atom is -0.478 e. The van der Waals surface area contributed by atoms with Crippen molar-refractivity contribution in [3.8, 4) is 6.07 Å². The number of carbonyl (C=O) groups excluding carboxylic acids is 1. The van der Waals surface area contributed by atoms with Crippen LogP contribution in [0, 0.1) is 11.3 Å². The molecule has 0 fully saturated rings. The monoisotopic (exact) mass is 397 g/mol. The van der Waals surface area contributed by atoms with E-state index in [0.717, 1.165) is 11.8 Å². The lowest BCUT2D eigenvalue weighted by Crippen LogP contribution is -2.41. The van der Waals surface area contributed by atoms with Gasteiger partial charge in [0.05, 0.1) is 27.6 Å². The molecule has 2 rings (SSSR count). The first kappa shape index (κ1) is 21.0. The van der Waals surface area contributed by atoms with Gasteiger partial charge in [0.2, 0.25) is 5.17 Å². The standard InChI is InChI=1S/C19H19N5O3S/c1-19(2,16(25)13-5-3-12(11-20)4-6-13)28-18(23-21)24(22)15-9-7-14(8-10-15)17(26)27/h3-10H,21-22H2,1-2H3,(H,26,27)/b23-18+. The lowest BCUT2D eigenvalue weighted by atomic mass is 9.99. The summed E-state index contributed by atoms with van der Waals surface area (Å²) in [6, 6.07) is 14.2. The Labute approximate surface area is 166 Å². The van der Waals surface area contributed by atoms with Crippen LogP contribution in [0.2, 0.25) is 0 Å². The predicted molar refractivity (Wildman–Crippen MR) is 109 cm³/mol. The number of amidine groups is 1. The van der Waals surface area contributed by atoms with Gasteiger partial charge in [0.1, 0.15) is 0 Å². The highest BCUT2D eigenvalue weighted by Gasteiger charge is 2.33. The van der Waals surface area contributed by atoms with Crippen LogP contribution in [0.3, 0.4) is 0 Å². The van der Waals surface area contributed by atoms with Crippen LogP contribution in [-0.2, 0) is 0 Å². The van der Waals surface area contributed by atoms with Gasteiger partial charge in [0.15, 0.2) is 5.78 Å². The third-order valence-corrected chi connectivity index (χ3v) is 5.06. The van der Waals surface area contributed by atoms with Crippen molar-refractivity contribution in [3.05, 3.63) is 65.2 Å². The van der Waals surface area contributed by atoms with Gasteiger partial charge in [-0.15, -0.1) is 0 Å². The molecule has 0 saturated carbocycles. The summed E-state index contributed by atoms with van der Waals surface area (Å²) < 4.78 is -0.953. The molecule has 0 bridgehead atoms. The number of benzene rings is 2. The molecule has 0 unspecified atom stereocenters. The van der Waals surface area contributed by atoms with Gasteiger partial charge in [-0.05, 0) is 50.2 Å². The first-order valence-electron chi connectivity index (χ1n) is 8.09. The number of hydrazine groups is 1. The third kappa shape index (κ3) is 4.68. The summed E-state index contributed by atoms with van der Waals surface area (Å²) in [5.74, 6) is 10.3. The Morgan fingerprint density at radius 3 is 2.11 bits per heavy atom. The molecule has 0 aliphatic rings. The van der Waals surface area contributed by atoms with E-state index in [2.05, 4.69) is 5.10 Å². The molecule has 0 aromatic heterocycles. The van der Waals surface area contributed by atoms with E-state index in [1.807, 2.05) is 6.07 Å². The Morgan fingerprint density at radius 1 is 1.11 bits per heavy atom. The molecule has 0 aliphatic heterocycles. The summed E-state index contributed by atoms with van der Waals surface area (Å²) in [7, 11) is 0. The summed E-state index contributed by atoms with van der Waals surface area (Å²) in [6.07, 6.45) is 0. The van der Waals surface area contributed by atoms with Gasteiger partial charge in [0.25, 0.3) is 0 Å². The van der Waals surface area contributed by atoms with Gasteiger partial charge >= 0.3 is 5.97 Å². The quantitative estimate of drug-likeness (QED) is 0.229. The first-order valence-corrected chi connectivity index (χ1v) is 8.91. The third-order valence-electron chi connectivity index (χ3n) is 3.88. The Hall–Kier alpha value is -3.35. The molecule has 28 heavy (non-hydrogen) atoms. The summed E-state index contributed by atoms with van der Waals surface area (Å²) in [5, 5.41) is 22.9. The van der Waals surface area contributed by atoms with Crippen LogP contribution in [0.5, 0.6) is 0 Å². The number of hydrazone groups is 1. The van der Waals surface area contributed by atoms with Crippen LogP contribution in [-0.4, -0.2) is 26.8 Å². The van der Waals surface area contributed by atoms with E-state index in [1.54, 1.807) is 38.1 Å². The fourth-order valence-electron chi connectivity index (χ4n) is 2.33. The Kier molecular flexibility index (Phi) is 6.41. The average molecular weight is 397 g/mol. The van der Waals surface area contributed by atoms with Crippen LogP contribution in [0.25, 0.3) is 0 Å². The number of ketones is 1. The number of nitrogens with zero attached hydrogens (tertiary/aromatic N) is 3. The van der Waals surface area contributed by atoms with E-state index in [1.165, 1.54) is 29.3 Å². The molecule has 144 valence electrons. The number of carboxylic acids is 1. The van der Waals surface area contributed by atoms with Crippen molar-refractivity contribution in [1.29, 1.82) is 5.26 Å². The number of carbonyl (C=O) groups is 2. The molecule has 2 aromatic carbocycles. The maximum Gasteiger partial charge on any atom is 0.335 e. The number of anilines is 1. The fraction of sp³-hybridized carbons (Fsp3) is 0.158. The molecule has 9 heteroatoms. The Bertz CT molecular complexity index is 947. The second-order valence-electron chi connectivity index (χ2n) is 6.26. The minimum atomic E-state index is -1.05. The number of aromatic carboxylic acids is 1. The Morgan fingerprint density at radius 2 is 1.64 bits per heavy atom. The van der Waals surface area contributed by atoms with E-state index in [9.17, 15) is 9.59 Å². The number of hydrogen-bond acceptors (Lipinski definition) is 7. The minimum absolute atomic E-state index is 0.118. The zero-order chi connectivity index (χ0) is 20.9. The number of thioether (sulfide) groups is 1. The maximum absolute atomic E-state index is 12.9. The molecule has 0 heterocycles. The van der Waals surface area contributed by atoms with Crippen LogP contribution in [0.1, 0.15) is 40.1 Å². The van der Waals surface area contributed by atoms with E-state index >= 15 is 0 Å². The topological polar surface area (TPSA) is 146 Å². The van der Waals surface area contributed by atoms with Gasteiger partial charge in [-0.1, -0.05) is 23.9 Å². The van der Waals surface area contributed by atoms with E-state index in [4.69, 9.17) is 22.1 Å². The van der Waals surface area contributed by atoms with Crippen molar-refractivity contribution in [3.63, 3.8) is 0 Å². The molecule has 0 spiro atoms. The number of rotatable bonds is 5. The van der Waals surface area contributed by atoms with Crippen LogP contribution >= 0.6 is 11.8 Å². The van der Waals surface area contributed by atoms with Gasteiger partial charge in [-0.25, -0.2) is 10.6 Å². The van der Waals surface area contributed by atoms with E-state index in [-0.39, 0.29) is 16.5 Å². The molecule has 0 atom stereocenters. The lowest BCUT2D eigenvalue weighted by molar-refractivity contribution is 0.0696. The second-order valence-corrected chi connectivity index (χ2v) is 7.85. The number of Topliss-reactive ketones (excluding diaryl/α,β-unsaturated/α-hetero) is 1. The van der Waals surface area contributed by atoms with Crippen molar-refractivity contribution < 1.29 is 14.7 Å². The maximum atomic E-state index is 12.9. The van der Waals surface area contributed by atoms with Crippen LogP contribution in [0.15, 0.2) is 53.6 Å². The molecule has 0 amide bonds. The SMILES string of the molecule is CC(C)(S/C(=N/N)N(N)c1ccc(C(=O)O)cc1)C(=O)c1ccc(C#N)cc1. The molecular formula is C19H19N5O3S. The number of nitrogens with two attached hydrogens (primary N) is 2. The lowest BCUT2D eigenvalue weighted by Gasteiger charge is -2.27. The second kappa shape index (κ2) is 8.56. The molecule has 0 saturated heterocycles. The summed E-state index contributed by atoms with van der Waals surface area (Å²) in [6.45, 7) is 3.43. The zero-order valence-electron chi connectivity index (χ0n) is 15.3. The largest absolute Gasteiger partial charge is 0.478 e. The highest BCUT2D eigenvalue weighted by Crippen LogP contribution is 2.31. The summed E-state index contributed by atoms with van der Waals surface area (Å²) in [4.78, 5) is 23.8. The van der Waals surface area contributed by atoms with Crippen molar-refractivity contribution in [1.82, 2.24) is 0 Å². The molecule has 2 aromatic rings. The van der Waals surface area contributed by atoms with E-state index < -0.39 is 10.7 Å².